The minimum absolute atomic E-state index is 0.262. The fourth-order valence-electron chi connectivity index (χ4n) is 1.62. The van der Waals surface area contributed by atoms with Crippen LogP contribution in [0.1, 0.15) is 0 Å². The smallest absolute Gasteiger partial charge is 0.119 e. The van der Waals surface area contributed by atoms with E-state index in [1.54, 1.807) is 0 Å². The van der Waals surface area contributed by atoms with Crippen molar-refractivity contribution in [3.8, 4) is 5.75 Å². The standard InChI is InChI=1S/C15H15BrINO2/c16-11-4-6-15(7-5-11)20-10-14(19)9-18-13-3-1-2-12(17)8-13/h1-8,14,18-19H,9-10H2. The average Bonchev–Trinajstić information content (AvgIpc) is 2.45. The van der Waals surface area contributed by atoms with Crippen molar-refractivity contribution in [1.82, 2.24) is 0 Å². The minimum atomic E-state index is -0.559. The van der Waals surface area contributed by atoms with Crippen LogP contribution >= 0.6 is 38.5 Å². The number of aliphatic hydroxyl groups excluding tert-OH is 1. The molecule has 0 radical (unpaired) electrons. The zero-order valence-corrected chi connectivity index (χ0v) is 14.5. The lowest BCUT2D eigenvalue weighted by Gasteiger charge is -2.14. The van der Waals surface area contributed by atoms with Crippen LogP contribution in [0, 0.1) is 3.57 Å². The zero-order chi connectivity index (χ0) is 14.4. The van der Waals surface area contributed by atoms with E-state index in [-0.39, 0.29) is 6.61 Å². The second-order valence-electron chi connectivity index (χ2n) is 4.31. The van der Waals surface area contributed by atoms with Crippen molar-refractivity contribution in [2.75, 3.05) is 18.5 Å². The molecule has 20 heavy (non-hydrogen) atoms. The molecule has 0 fully saturated rings. The number of nitrogens with one attached hydrogen (secondary N) is 1. The Labute approximate surface area is 140 Å². The third-order valence-electron chi connectivity index (χ3n) is 2.62. The zero-order valence-electron chi connectivity index (χ0n) is 10.7. The molecule has 3 nitrogen and oxygen atoms in total. The Balaban J connectivity index is 1.75. The maximum Gasteiger partial charge on any atom is 0.119 e. The Morgan fingerprint density at radius 2 is 1.95 bits per heavy atom. The maximum absolute atomic E-state index is 9.90. The van der Waals surface area contributed by atoms with Gasteiger partial charge in [-0.2, -0.15) is 0 Å². The van der Waals surface area contributed by atoms with E-state index >= 15 is 0 Å². The summed E-state index contributed by atoms with van der Waals surface area (Å²) in [7, 11) is 0. The minimum Gasteiger partial charge on any atom is -0.491 e. The van der Waals surface area contributed by atoms with Crippen molar-refractivity contribution >= 4 is 44.2 Å². The van der Waals surface area contributed by atoms with E-state index in [0.29, 0.717) is 6.54 Å². The number of rotatable bonds is 6. The lowest BCUT2D eigenvalue weighted by Crippen LogP contribution is -2.26. The first-order chi connectivity index (χ1) is 9.63. The van der Waals surface area contributed by atoms with E-state index in [1.165, 1.54) is 0 Å². The number of aliphatic hydroxyl groups is 1. The summed E-state index contributed by atoms with van der Waals surface area (Å²) < 4.78 is 7.69. The van der Waals surface area contributed by atoms with Crippen molar-refractivity contribution in [3.05, 3.63) is 56.6 Å². The van der Waals surface area contributed by atoms with Crippen LogP contribution < -0.4 is 10.1 Å². The highest BCUT2D eigenvalue weighted by Gasteiger charge is 2.05. The van der Waals surface area contributed by atoms with Gasteiger partial charge in [-0.25, -0.2) is 0 Å². The highest BCUT2D eigenvalue weighted by Crippen LogP contribution is 2.16. The fourth-order valence-corrected chi connectivity index (χ4v) is 2.42. The van der Waals surface area contributed by atoms with E-state index in [0.717, 1.165) is 19.5 Å². The first-order valence-electron chi connectivity index (χ1n) is 6.19. The predicted molar refractivity (Wildman–Crippen MR) is 93.3 cm³/mol. The lowest BCUT2D eigenvalue weighted by molar-refractivity contribution is 0.117. The summed E-state index contributed by atoms with van der Waals surface area (Å²) >= 11 is 5.62. The van der Waals surface area contributed by atoms with Crippen molar-refractivity contribution in [2.45, 2.75) is 6.10 Å². The first kappa shape index (κ1) is 15.6. The summed E-state index contributed by atoms with van der Waals surface area (Å²) in [6.45, 7) is 0.717. The van der Waals surface area contributed by atoms with Gasteiger partial charge in [-0.05, 0) is 65.1 Å². The van der Waals surface area contributed by atoms with Gasteiger partial charge >= 0.3 is 0 Å². The van der Waals surface area contributed by atoms with Gasteiger partial charge in [0.1, 0.15) is 18.5 Å². The largest absolute Gasteiger partial charge is 0.491 e. The van der Waals surface area contributed by atoms with Crippen LogP contribution in [0.15, 0.2) is 53.0 Å². The molecule has 0 amide bonds. The van der Waals surface area contributed by atoms with E-state index in [9.17, 15) is 5.11 Å². The van der Waals surface area contributed by atoms with Gasteiger partial charge in [0, 0.05) is 20.3 Å². The Morgan fingerprint density at radius 3 is 2.65 bits per heavy atom. The molecule has 0 aliphatic carbocycles. The summed E-state index contributed by atoms with van der Waals surface area (Å²) in [5.41, 5.74) is 1.000. The van der Waals surface area contributed by atoms with Gasteiger partial charge in [0.05, 0.1) is 0 Å². The molecule has 106 valence electrons. The molecule has 0 bridgehead atoms. The van der Waals surface area contributed by atoms with Gasteiger partial charge in [0.2, 0.25) is 0 Å². The summed E-state index contributed by atoms with van der Waals surface area (Å²) in [5.74, 6) is 0.751. The molecule has 0 saturated heterocycles. The molecule has 0 heterocycles. The number of ether oxygens (including phenoxy) is 1. The van der Waals surface area contributed by atoms with Gasteiger partial charge < -0.3 is 15.2 Å². The quantitative estimate of drug-likeness (QED) is 0.660. The van der Waals surface area contributed by atoms with Crippen LogP contribution in [0.25, 0.3) is 0 Å². The number of hydrogen-bond donors (Lipinski definition) is 2. The molecule has 2 aromatic rings. The molecule has 2 N–H and O–H groups in total. The number of anilines is 1. The van der Waals surface area contributed by atoms with Gasteiger partial charge in [0.25, 0.3) is 0 Å². The number of benzene rings is 2. The highest BCUT2D eigenvalue weighted by atomic mass is 127. The Morgan fingerprint density at radius 1 is 1.20 bits per heavy atom. The molecule has 0 aromatic heterocycles. The molecule has 0 aliphatic heterocycles. The Bertz CT molecular complexity index is 548. The number of hydrogen-bond acceptors (Lipinski definition) is 3. The predicted octanol–water partition coefficient (Wildman–Crippen LogP) is 3.91. The van der Waals surface area contributed by atoms with Crippen LogP contribution in [-0.4, -0.2) is 24.4 Å². The van der Waals surface area contributed by atoms with Crippen molar-refractivity contribution in [1.29, 1.82) is 0 Å². The van der Waals surface area contributed by atoms with Gasteiger partial charge in [-0.15, -0.1) is 0 Å². The SMILES string of the molecule is OC(CNc1cccc(I)c1)COc1ccc(Br)cc1. The second kappa shape index (κ2) is 7.85. The molecule has 5 heteroatoms. The van der Waals surface area contributed by atoms with E-state index in [4.69, 9.17) is 4.74 Å². The molecule has 1 atom stereocenters. The van der Waals surface area contributed by atoms with Crippen LogP contribution in [0.3, 0.4) is 0 Å². The van der Waals surface area contributed by atoms with E-state index in [1.807, 2.05) is 48.5 Å². The van der Waals surface area contributed by atoms with Gasteiger partial charge in [0.15, 0.2) is 0 Å². The topological polar surface area (TPSA) is 41.5 Å². The fraction of sp³-hybridized carbons (Fsp3) is 0.200. The summed E-state index contributed by atoms with van der Waals surface area (Å²) in [4.78, 5) is 0. The second-order valence-corrected chi connectivity index (χ2v) is 6.47. The monoisotopic (exact) mass is 447 g/mol. The van der Waals surface area contributed by atoms with Crippen LogP contribution in [0.5, 0.6) is 5.75 Å². The highest BCUT2D eigenvalue weighted by molar-refractivity contribution is 14.1. The molecular weight excluding hydrogens is 433 g/mol. The van der Waals surface area contributed by atoms with E-state index < -0.39 is 6.10 Å². The summed E-state index contributed by atoms with van der Waals surface area (Å²) in [6, 6.07) is 15.6. The molecule has 0 aliphatic rings. The molecule has 1 unspecified atom stereocenters. The molecule has 2 rings (SSSR count). The number of halogens is 2. The molecule has 0 spiro atoms. The van der Waals surface area contributed by atoms with Gasteiger partial charge in [-0.1, -0.05) is 22.0 Å². The molecule has 0 saturated carbocycles. The summed E-state index contributed by atoms with van der Waals surface area (Å²) in [5, 5.41) is 13.1. The third-order valence-corrected chi connectivity index (χ3v) is 3.82. The van der Waals surface area contributed by atoms with Crippen LogP contribution in [0.4, 0.5) is 5.69 Å². The lowest BCUT2D eigenvalue weighted by atomic mass is 10.3. The van der Waals surface area contributed by atoms with E-state index in [2.05, 4.69) is 43.8 Å². The Hall–Kier alpha value is -0.790. The Kier molecular flexibility index (Phi) is 6.12. The third kappa shape index (κ3) is 5.30. The maximum atomic E-state index is 9.90. The first-order valence-corrected chi connectivity index (χ1v) is 8.06. The van der Waals surface area contributed by atoms with Crippen LogP contribution in [0.2, 0.25) is 0 Å². The van der Waals surface area contributed by atoms with Crippen molar-refractivity contribution in [3.63, 3.8) is 0 Å². The van der Waals surface area contributed by atoms with Crippen molar-refractivity contribution in [2.24, 2.45) is 0 Å². The molecular formula is C15H15BrINO2. The van der Waals surface area contributed by atoms with Crippen LogP contribution in [-0.2, 0) is 0 Å². The molecule has 2 aromatic carbocycles. The average molecular weight is 448 g/mol. The van der Waals surface area contributed by atoms with Gasteiger partial charge in [-0.3, -0.25) is 0 Å². The summed E-state index contributed by atoms with van der Waals surface area (Å²) in [6.07, 6.45) is -0.559. The normalized spacial score (nSPS) is 11.9. The van der Waals surface area contributed by atoms with Crippen molar-refractivity contribution < 1.29 is 9.84 Å².